The maximum Gasteiger partial charge on any atom is 0.573 e. The topological polar surface area (TPSA) is 52.3 Å². The Morgan fingerprint density at radius 1 is 1.33 bits per heavy atom. The fourth-order valence-electron chi connectivity index (χ4n) is 1.42. The molecule has 0 saturated carbocycles. The van der Waals surface area contributed by atoms with Crippen LogP contribution in [0.15, 0.2) is 24.3 Å². The Hall–Kier alpha value is -1.72. The lowest BCUT2D eigenvalue weighted by atomic mass is 9.97. The quantitative estimate of drug-likeness (QED) is 0.906. The second-order valence-corrected chi connectivity index (χ2v) is 3.69. The van der Waals surface area contributed by atoms with E-state index in [1.165, 1.54) is 24.3 Å². The highest BCUT2D eigenvalue weighted by Gasteiger charge is 2.30. The molecule has 102 valence electrons. The van der Waals surface area contributed by atoms with Gasteiger partial charge in [-0.25, -0.2) is 0 Å². The summed E-state index contributed by atoms with van der Waals surface area (Å²) in [6.07, 6.45) is -4.54. The molecule has 0 radical (unpaired) electrons. The predicted molar refractivity (Wildman–Crippen MR) is 62.1 cm³/mol. The van der Waals surface area contributed by atoms with Crippen molar-refractivity contribution >= 4 is 5.91 Å². The fourth-order valence-corrected chi connectivity index (χ4v) is 1.42. The molecule has 0 spiro atoms. The second-order valence-electron chi connectivity index (χ2n) is 3.69. The van der Waals surface area contributed by atoms with Gasteiger partial charge in [0.25, 0.3) is 0 Å². The minimum atomic E-state index is -4.69. The molecule has 0 aromatic heterocycles. The number of amides is 1. The van der Waals surface area contributed by atoms with E-state index in [0.29, 0.717) is 0 Å². The zero-order valence-electron chi connectivity index (χ0n) is 9.12. The van der Waals surface area contributed by atoms with Gasteiger partial charge in [-0.2, -0.15) is 0 Å². The molecule has 2 N–H and O–H groups in total. The van der Waals surface area contributed by atoms with E-state index < -0.39 is 12.3 Å². The van der Waals surface area contributed by atoms with Crippen LogP contribution >= 0.6 is 0 Å². The smallest absolute Gasteiger partial charge is 0.406 e. The number of alkyl halides is 3. The first-order chi connectivity index (χ1) is 7.78. The molecule has 6 heteroatoms. The highest BCUT2D eigenvalue weighted by atomic mass is 19.4. The summed E-state index contributed by atoms with van der Waals surface area (Å²) in [5.41, 5.74) is 5.77. The maximum absolute atomic E-state index is 11.9. The first-order valence-corrected chi connectivity index (χ1v) is 4.92. The summed E-state index contributed by atoms with van der Waals surface area (Å²) >= 11 is 0. The summed E-state index contributed by atoms with van der Waals surface area (Å²) < 4.78 is 39.4. The number of halogens is 3. The van der Waals surface area contributed by atoms with Gasteiger partial charge >= 0.3 is 6.36 Å². The molecule has 0 aliphatic rings. The number of primary amides is 1. The average Bonchev–Trinajstić information content (AvgIpc) is 2.15. The third-order valence-corrected chi connectivity index (χ3v) is 2.19. The summed E-state index contributed by atoms with van der Waals surface area (Å²) in [5, 5.41) is 0. The lowest BCUT2D eigenvalue weighted by Crippen LogP contribution is -2.17. The Bertz CT molecular complexity index is 387. The highest BCUT2D eigenvalue weighted by molar-refractivity contribution is 5.74. The number of hydrogen-bond acceptors (Lipinski definition) is 2. The second kappa shape index (κ2) is 6.28. The SMILES string of the molecule is C.CC(CC(N)=O)c1ccc(OC(F)(F)F)cc1. The minimum absolute atomic E-state index is 0. The molecule has 0 heterocycles. The van der Waals surface area contributed by atoms with E-state index in [1.807, 2.05) is 0 Å². The van der Waals surface area contributed by atoms with Gasteiger partial charge in [-0.3, -0.25) is 4.79 Å². The normalized spacial score (nSPS) is 12.4. The molecule has 0 fully saturated rings. The Labute approximate surface area is 104 Å². The van der Waals surface area contributed by atoms with Crippen LogP contribution in [0.5, 0.6) is 5.75 Å². The van der Waals surface area contributed by atoms with Gasteiger partial charge in [0.2, 0.25) is 5.91 Å². The molecule has 0 aliphatic carbocycles. The van der Waals surface area contributed by atoms with Crippen LogP contribution in [0.1, 0.15) is 32.3 Å². The van der Waals surface area contributed by atoms with E-state index in [-0.39, 0.29) is 25.5 Å². The van der Waals surface area contributed by atoms with Crippen LogP contribution < -0.4 is 10.5 Å². The minimum Gasteiger partial charge on any atom is -0.406 e. The van der Waals surface area contributed by atoms with E-state index in [1.54, 1.807) is 6.92 Å². The third kappa shape index (κ3) is 5.56. The summed E-state index contributed by atoms with van der Waals surface area (Å²) in [6.45, 7) is 1.77. The standard InChI is InChI=1S/C11H12F3NO2.CH4/c1-7(6-10(15)16)8-2-4-9(5-3-8)17-11(12,13)14;/h2-5,7H,6H2,1H3,(H2,15,16);1H4. The number of ether oxygens (including phenoxy) is 1. The van der Waals surface area contributed by atoms with Crippen molar-refractivity contribution in [3.63, 3.8) is 0 Å². The van der Waals surface area contributed by atoms with E-state index in [0.717, 1.165) is 5.56 Å². The molecule has 1 aromatic rings. The van der Waals surface area contributed by atoms with Crippen molar-refractivity contribution in [1.82, 2.24) is 0 Å². The summed E-state index contributed by atoms with van der Waals surface area (Å²) in [4.78, 5) is 10.7. The Balaban J connectivity index is 0.00000289. The van der Waals surface area contributed by atoms with Gasteiger partial charge < -0.3 is 10.5 Å². The van der Waals surface area contributed by atoms with Crippen LogP contribution in [0, 0.1) is 0 Å². The average molecular weight is 263 g/mol. The molecule has 1 unspecified atom stereocenters. The molecular formula is C12H16F3NO2. The summed E-state index contributed by atoms with van der Waals surface area (Å²) in [7, 11) is 0. The Kier molecular flexibility index (Phi) is 5.68. The Morgan fingerprint density at radius 3 is 2.22 bits per heavy atom. The van der Waals surface area contributed by atoms with Crippen LogP contribution in [0.2, 0.25) is 0 Å². The molecule has 0 bridgehead atoms. The van der Waals surface area contributed by atoms with Crippen LogP contribution in [-0.4, -0.2) is 12.3 Å². The number of rotatable bonds is 4. The van der Waals surface area contributed by atoms with Crippen molar-refractivity contribution < 1.29 is 22.7 Å². The van der Waals surface area contributed by atoms with Crippen molar-refractivity contribution in [3.8, 4) is 5.75 Å². The molecule has 0 aliphatic heterocycles. The van der Waals surface area contributed by atoms with E-state index >= 15 is 0 Å². The van der Waals surface area contributed by atoms with Crippen LogP contribution in [0.4, 0.5) is 13.2 Å². The Morgan fingerprint density at radius 2 is 1.83 bits per heavy atom. The highest BCUT2D eigenvalue weighted by Crippen LogP contribution is 2.25. The summed E-state index contributed by atoms with van der Waals surface area (Å²) in [6, 6.07) is 5.38. The van der Waals surface area contributed by atoms with Crippen LogP contribution in [0.3, 0.4) is 0 Å². The molecule has 1 aromatic carbocycles. The number of hydrogen-bond donors (Lipinski definition) is 1. The van der Waals surface area contributed by atoms with Gasteiger partial charge in [0.15, 0.2) is 0 Å². The molecule has 1 amide bonds. The molecule has 3 nitrogen and oxygen atoms in total. The van der Waals surface area contributed by atoms with E-state index in [2.05, 4.69) is 4.74 Å². The first-order valence-electron chi connectivity index (χ1n) is 4.92. The number of carbonyl (C=O) groups excluding carboxylic acids is 1. The third-order valence-electron chi connectivity index (χ3n) is 2.19. The van der Waals surface area contributed by atoms with Gasteiger partial charge in [0.05, 0.1) is 0 Å². The number of carbonyl (C=O) groups is 1. The first kappa shape index (κ1) is 16.3. The van der Waals surface area contributed by atoms with Crippen molar-refractivity contribution in [1.29, 1.82) is 0 Å². The fraction of sp³-hybridized carbons (Fsp3) is 0.417. The van der Waals surface area contributed by atoms with Gasteiger partial charge in [-0.15, -0.1) is 13.2 Å². The molecule has 1 rings (SSSR count). The summed E-state index contributed by atoms with van der Waals surface area (Å²) in [5.74, 6) is -0.868. The molecule has 18 heavy (non-hydrogen) atoms. The van der Waals surface area contributed by atoms with Gasteiger partial charge in [-0.1, -0.05) is 26.5 Å². The monoisotopic (exact) mass is 263 g/mol. The van der Waals surface area contributed by atoms with E-state index in [4.69, 9.17) is 5.73 Å². The largest absolute Gasteiger partial charge is 0.573 e. The van der Waals surface area contributed by atoms with Crippen LogP contribution in [-0.2, 0) is 4.79 Å². The molecular weight excluding hydrogens is 247 g/mol. The van der Waals surface area contributed by atoms with Crippen molar-refractivity contribution in [2.75, 3.05) is 0 Å². The zero-order valence-corrected chi connectivity index (χ0v) is 9.12. The van der Waals surface area contributed by atoms with Gasteiger partial charge in [-0.05, 0) is 23.6 Å². The maximum atomic E-state index is 11.9. The number of benzene rings is 1. The van der Waals surface area contributed by atoms with Crippen LogP contribution in [0.25, 0.3) is 0 Å². The van der Waals surface area contributed by atoms with Crippen molar-refractivity contribution in [2.45, 2.75) is 33.1 Å². The van der Waals surface area contributed by atoms with Crippen molar-refractivity contribution in [3.05, 3.63) is 29.8 Å². The lowest BCUT2D eigenvalue weighted by molar-refractivity contribution is -0.274. The molecule has 0 saturated heterocycles. The number of nitrogens with two attached hydrogens (primary N) is 1. The molecule has 1 atom stereocenters. The lowest BCUT2D eigenvalue weighted by Gasteiger charge is -2.12. The predicted octanol–water partition coefficient (Wildman–Crippen LogP) is 3.20. The van der Waals surface area contributed by atoms with Crippen molar-refractivity contribution in [2.24, 2.45) is 5.73 Å². The van der Waals surface area contributed by atoms with Gasteiger partial charge in [0, 0.05) is 6.42 Å². The van der Waals surface area contributed by atoms with E-state index in [9.17, 15) is 18.0 Å². The zero-order chi connectivity index (χ0) is 13.1. The van der Waals surface area contributed by atoms with Gasteiger partial charge in [0.1, 0.15) is 5.75 Å².